The van der Waals surface area contributed by atoms with Crippen LogP contribution in [0.15, 0.2) is 45.7 Å². The first-order valence-corrected chi connectivity index (χ1v) is 10.6. The van der Waals surface area contributed by atoms with E-state index in [0.29, 0.717) is 29.7 Å². The van der Waals surface area contributed by atoms with Gasteiger partial charge in [-0.05, 0) is 68.1 Å². The number of aryl methyl sites for hydroxylation is 2. The van der Waals surface area contributed by atoms with E-state index < -0.39 is 10.0 Å². The normalized spacial score (nSPS) is 15.2. The minimum Gasteiger partial charge on any atom is -0.328 e. The topological polar surface area (TPSA) is 78.8 Å². The van der Waals surface area contributed by atoms with Gasteiger partial charge in [-0.25, -0.2) is 0 Å². The maximum Gasteiger partial charge on any atom is 0.286 e. The summed E-state index contributed by atoms with van der Waals surface area (Å²) < 4.78 is 29.1. The minimum atomic E-state index is -3.84. The second-order valence-electron chi connectivity index (χ2n) is 7.63. The Bertz CT molecular complexity index is 1050. The number of nitrogens with zero attached hydrogens (tertiary/aromatic N) is 2. The van der Waals surface area contributed by atoms with Crippen molar-refractivity contribution in [2.45, 2.75) is 39.5 Å². The van der Waals surface area contributed by atoms with Gasteiger partial charge < -0.3 is 10.2 Å². The molecule has 148 valence electrons. The third-order valence-corrected chi connectivity index (χ3v) is 5.85. The van der Waals surface area contributed by atoms with Crippen LogP contribution in [0.2, 0.25) is 0 Å². The van der Waals surface area contributed by atoms with Crippen LogP contribution in [0.4, 0.5) is 11.4 Å². The molecule has 0 aromatic heterocycles. The Morgan fingerprint density at radius 1 is 1.07 bits per heavy atom. The standard InChI is InChI=1S/C21H25N3O3S/c1-13(2)12-24-16(5)23-28(26,27)20-11-17(6-7-19(20)24)21(25)22-18-9-14(3)8-15(4)10-18/h6-11,13H,12H2,1-5H3,(H,22,25). The number of amides is 1. The van der Waals surface area contributed by atoms with E-state index in [1.807, 2.05) is 36.9 Å². The Balaban J connectivity index is 1.97. The quantitative estimate of drug-likeness (QED) is 0.838. The van der Waals surface area contributed by atoms with Crippen molar-refractivity contribution < 1.29 is 13.2 Å². The van der Waals surface area contributed by atoms with E-state index in [4.69, 9.17) is 0 Å². The largest absolute Gasteiger partial charge is 0.328 e. The molecule has 2 aromatic carbocycles. The Hall–Kier alpha value is -2.67. The number of hydrogen-bond donors (Lipinski definition) is 1. The molecule has 7 heteroatoms. The molecule has 0 unspecified atom stereocenters. The molecule has 1 amide bonds. The van der Waals surface area contributed by atoms with Gasteiger partial charge in [-0.15, -0.1) is 4.40 Å². The number of nitrogens with one attached hydrogen (secondary N) is 1. The van der Waals surface area contributed by atoms with Crippen molar-refractivity contribution in [2.75, 3.05) is 16.8 Å². The lowest BCUT2D eigenvalue weighted by Gasteiger charge is -2.30. The molecule has 0 atom stereocenters. The van der Waals surface area contributed by atoms with Crippen LogP contribution < -0.4 is 10.2 Å². The van der Waals surface area contributed by atoms with Gasteiger partial charge in [-0.1, -0.05) is 19.9 Å². The van der Waals surface area contributed by atoms with Gasteiger partial charge in [0.2, 0.25) is 0 Å². The van der Waals surface area contributed by atoms with Crippen LogP contribution in [0.5, 0.6) is 0 Å². The lowest BCUT2D eigenvalue weighted by atomic mass is 10.1. The van der Waals surface area contributed by atoms with Crippen LogP contribution in [0.1, 0.15) is 42.3 Å². The molecular formula is C21H25N3O3S. The number of hydrogen-bond acceptors (Lipinski definition) is 4. The van der Waals surface area contributed by atoms with Gasteiger partial charge in [0.25, 0.3) is 15.9 Å². The summed E-state index contributed by atoms with van der Waals surface area (Å²) in [5, 5.41) is 2.84. The smallest absolute Gasteiger partial charge is 0.286 e. The average Bonchev–Trinajstić information content (AvgIpc) is 2.56. The summed E-state index contributed by atoms with van der Waals surface area (Å²) in [4.78, 5) is 14.6. The summed E-state index contributed by atoms with van der Waals surface area (Å²) in [7, 11) is -3.84. The molecule has 6 nitrogen and oxygen atoms in total. The van der Waals surface area contributed by atoms with E-state index in [2.05, 4.69) is 23.6 Å². The van der Waals surface area contributed by atoms with Gasteiger partial charge in [0, 0.05) is 17.8 Å². The Labute approximate surface area is 166 Å². The molecule has 0 bridgehead atoms. The van der Waals surface area contributed by atoms with Gasteiger partial charge in [0.1, 0.15) is 10.7 Å². The molecule has 3 rings (SSSR count). The third-order valence-electron chi connectivity index (χ3n) is 4.46. The Morgan fingerprint density at radius 2 is 1.71 bits per heavy atom. The molecule has 1 aliphatic rings. The molecule has 2 aromatic rings. The fourth-order valence-electron chi connectivity index (χ4n) is 3.38. The second kappa shape index (κ2) is 7.39. The molecule has 28 heavy (non-hydrogen) atoms. The van der Waals surface area contributed by atoms with Crippen molar-refractivity contribution >= 4 is 33.1 Å². The summed E-state index contributed by atoms with van der Waals surface area (Å²) in [6.07, 6.45) is 0. The van der Waals surface area contributed by atoms with Crippen LogP contribution in [0, 0.1) is 19.8 Å². The monoisotopic (exact) mass is 399 g/mol. The Morgan fingerprint density at radius 3 is 2.32 bits per heavy atom. The predicted molar refractivity (Wildman–Crippen MR) is 113 cm³/mol. The number of sulfonamides is 1. The number of anilines is 2. The third kappa shape index (κ3) is 4.09. The van der Waals surface area contributed by atoms with Gasteiger partial charge >= 0.3 is 0 Å². The number of amidine groups is 1. The van der Waals surface area contributed by atoms with E-state index in [0.717, 1.165) is 11.1 Å². The van der Waals surface area contributed by atoms with Crippen LogP contribution in [0.3, 0.4) is 0 Å². The minimum absolute atomic E-state index is 0.0619. The first-order valence-electron chi connectivity index (χ1n) is 9.19. The van der Waals surface area contributed by atoms with E-state index in [-0.39, 0.29) is 16.4 Å². The number of carbonyl (C=O) groups is 1. The van der Waals surface area contributed by atoms with Gasteiger partial charge in [-0.3, -0.25) is 4.79 Å². The zero-order chi connectivity index (χ0) is 20.6. The SMILES string of the molecule is CC1=NS(=O)(=O)c2cc(C(=O)Nc3cc(C)cc(C)c3)ccc2N1CC(C)C. The maximum atomic E-state index is 12.7. The van der Waals surface area contributed by atoms with Crippen LogP contribution in [0.25, 0.3) is 0 Å². The first-order chi connectivity index (χ1) is 13.1. The lowest BCUT2D eigenvalue weighted by Crippen LogP contribution is -2.36. The molecule has 0 fully saturated rings. The highest BCUT2D eigenvalue weighted by Crippen LogP contribution is 2.33. The van der Waals surface area contributed by atoms with Crippen molar-refractivity contribution in [1.29, 1.82) is 0 Å². The zero-order valence-corrected chi connectivity index (χ0v) is 17.6. The lowest BCUT2D eigenvalue weighted by molar-refractivity contribution is 0.102. The molecule has 0 spiro atoms. The van der Waals surface area contributed by atoms with E-state index in [1.165, 1.54) is 6.07 Å². The molecule has 0 radical (unpaired) electrons. The van der Waals surface area contributed by atoms with E-state index in [1.54, 1.807) is 19.1 Å². The first kappa shape index (κ1) is 20.1. The van der Waals surface area contributed by atoms with E-state index >= 15 is 0 Å². The van der Waals surface area contributed by atoms with Gasteiger partial charge in [0.15, 0.2) is 0 Å². The van der Waals surface area contributed by atoms with Gasteiger partial charge in [-0.2, -0.15) is 8.42 Å². The molecule has 1 heterocycles. The molecular weight excluding hydrogens is 374 g/mol. The Kier molecular flexibility index (Phi) is 5.30. The highest BCUT2D eigenvalue weighted by Gasteiger charge is 2.30. The fourth-order valence-corrected chi connectivity index (χ4v) is 4.64. The molecule has 1 N–H and O–H groups in total. The predicted octanol–water partition coefficient (Wildman–Crippen LogP) is 4.14. The molecule has 0 saturated heterocycles. The van der Waals surface area contributed by atoms with Gasteiger partial charge in [0.05, 0.1) is 5.69 Å². The van der Waals surface area contributed by atoms with Crippen molar-refractivity contribution in [3.8, 4) is 0 Å². The van der Waals surface area contributed by atoms with E-state index in [9.17, 15) is 13.2 Å². The summed E-state index contributed by atoms with van der Waals surface area (Å²) >= 11 is 0. The highest BCUT2D eigenvalue weighted by molar-refractivity contribution is 7.90. The van der Waals surface area contributed by atoms with Crippen LogP contribution in [-0.4, -0.2) is 26.7 Å². The highest BCUT2D eigenvalue weighted by atomic mass is 32.2. The number of fused-ring (bicyclic) bond motifs is 1. The zero-order valence-electron chi connectivity index (χ0n) is 16.8. The fraction of sp³-hybridized carbons (Fsp3) is 0.333. The molecule has 1 aliphatic heterocycles. The van der Waals surface area contributed by atoms with Crippen molar-refractivity contribution in [1.82, 2.24) is 0 Å². The average molecular weight is 400 g/mol. The summed E-state index contributed by atoms with van der Waals surface area (Å²) in [6, 6.07) is 10.5. The number of benzene rings is 2. The maximum absolute atomic E-state index is 12.7. The van der Waals surface area contributed by atoms with Crippen LogP contribution >= 0.6 is 0 Å². The van der Waals surface area contributed by atoms with Crippen molar-refractivity contribution in [3.63, 3.8) is 0 Å². The number of rotatable bonds is 4. The number of carbonyl (C=O) groups excluding carboxylic acids is 1. The van der Waals surface area contributed by atoms with Crippen molar-refractivity contribution in [3.05, 3.63) is 53.1 Å². The molecule has 0 saturated carbocycles. The second-order valence-corrected chi connectivity index (χ2v) is 9.20. The summed E-state index contributed by atoms with van der Waals surface area (Å²) in [5.74, 6) is 0.407. The van der Waals surface area contributed by atoms with Crippen molar-refractivity contribution in [2.24, 2.45) is 10.3 Å². The van der Waals surface area contributed by atoms with Crippen LogP contribution in [-0.2, 0) is 10.0 Å². The summed E-state index contributed by atoms with van der Waals surface area (Å²) in [5.41, 5.74) is 3.60. The molecule has 0 aliphatic carbocycles. The summed E-state index contributed by atoms with van der Waals surface area (Å²) in [6.45, 7) is 10.4.